The second-order valence-electron chi connectivity index (χ2n) is 4.36. The summed E-state index contributed by atoms with van der Waals surface area (Å²) in [4.78, 5) is 23.5. The zero-order chi connectivity index (χ0) is 15.2. The molecule has 21 heavy (non-hydrogen) atoms. The van der Waals surface area contributed by atoms with Gasteiger partial charge >= 0.3 is 0 Å². The number of rotatable bonds is 4. The summed E-state index contributed by atoms with van der Waals surface area (Å²) in [6.07, 6.45) is 0. The Kier molecular flexibility index (Phi) is 4.79. The van der Waals surface area contributed by atoms with Crippen molar-refractivity contribution in [2.45, 2.75) is 0 Å². The fourth-order valence-electron chi connectivity index (χ4n) is 1.67. The summed E-state index contributed by atoms with van der Waals surface area (Å²) in [7, 11) is 0. The van der Waals surface area contributed by atoms with Crippen LogP contribution in [0.1, 0.15) is 10.4 Å². The number of nitrogen functional groups attached to an aromatic ring is 1. The standard InChI is InChI=1S/C15H14ClN3O2/c16-11-2-1-3-13(8-11)19-14(20)9-18-15(21)10-4-6-12(17)7-5-10/h1-8H,9,17H2,(H,18,21)(H,19,20). The molecule has 4 N–H and O–H groups in total. The van der Waals surface area contributed by atoms with Crippen molar-refractivity contribution in [1.82, 2.24) is 5.32 Å². The van der Waals surface area contributed by atoms with Crippen molar-refractivity contribution in [2.24, 2.45) is 0 Å². The summed E-state index contributed by atoms with van der Waals surface area (Å²) in [5.41, 5.74) is 7.14. The van der Waals surface area contributed by atoms with Gasteiger partial charge in [-0.2, -0.15) is 0 Å². The van der Waals surface area contributed by atoms with E-state index in [0.29, 0.717) is 22.0 Å². The molecule has 0 saturated carbocycles. The van der Waals surface area contributed by atoms with Gasteiger partial charge in [0.25, 0.3) is 5.91 Å². The molecule has 0 atom stereocenters. The van der Waals surface area contributed by atoms with Gasteiger partial charge in [-0.05, 0) is 42.5 Å². The number of hydrogen-bond acceptors (Lipinski definition) is 3. The van der Waals surface area contributed by atoms with E-state index in [1.54, 1.807) is 48.5 Å². The topological polar surface area (TPSA) is 84.2 Å². The van der Waals surface area contributed by atoms with Gasteiger partial charge < -0.3 is 16.4 Å². The first-order chi connectivity index (χ1) is 10.0. The third kappa shape index (κ3) is 4.50. The van der Waals surface area contributed by atoms with E-state index in [1.165, 1.54) is 0 Å². The molecule has 0 spiro atoms. The summed E-state index contributed by atoms with van der Waals surface area (Å²) < 4.78 is 0. The summed E-state index contributed by atoms with van der Waals surface area (Å²) in [6.45, 7) is -0.129. The molecule has 2 aromatic rings. The molecule has 0 radical (unpaired) electrons. The average molecular weight is 304 g/mol. The number of carbonyl (C=O) groups is 2. The average Bonchev–Trinajstić information content (AvgIpc) is 2.45. The Morgan fingerprint density at radius 3 is 2.48 bits per heavy atom. The summed E-state index contributed by atoms with van der Waals surface area (Å²) >= 11 is 5.82. The summed E-state index contributed by atoms with van der Waals surface area (Å²) in [5.74, 6) is -0.669. The lowest BCUT2D eigenvalue weighted by atomic mass is 10.2. The van der Waals surface area contributed by atoms with Crippen LogP contribution in [0.4, 0.5) is 11.4 Å². The van der Waals surface area contributed by atoms with Gasteiger partial charge in [0.15, 0.2) is 0 Å². The highest BCUT2D eigenvalue weighted by Gasteiger charge is 2.08. The van der Waals surface area contributed by atoms with Crippen molar-refractivity contribution in [2.75, 3.05) is 17.6 Å². The van der Waals surface area contributed by atoms with Gasteiger partial charge in [-0.25, -0.2) is 0 Å². The Morgan fingerprint density at radius 1 is 1.10 bits per heavy atom. The smallest absolute Gasteiger partial charge is 0.251 e. The highest BCUT2D eigenvalue weighted by molar-refractivity contribution is 6.30. The molecule has 0 unspecified atom stereocenters. The highest BCUT2D eigenvalue weighted by Crippen LogP contribution is 2.14. The first-order valence-electron chi connectivity index (χ1n) is 6.24. The van der Waals surface area contributed by atoms with Crippen LogP contribution in [0.3, 0.4) is 0 Å². The predicted molar refractivity (Wildman–Crippen MR) is 83.3 cm³/mol. The quantitative estimate of drug-likeness (QED) is 0.758. The minimum atomic E-state index is -0.337. The van der Waals surface area contributed by atoms with Crippen LogP contribution >= 0.6 is 11.6 Å². The van der Waals surface area contributed by atoms with Gasteiger partial charge in [0, 0.05) is 22.0 Å². The number of nitrogens with one attached hydrogen (secondary N) is 2. The molecule has 2 aromatic carbocycles. The maximum atomic E-state index is 11.8. The van der Waals surface area contributed by atoms with E-state index in [2.05, 4.69) is 10.6 Å². The molecular weight excluding hydrogens is 290 g/mol. The van der Waals surface area contributed by atoms with Gasteiger partial charge in [0.05, 0.1) is 6.54 Å². The molecule has 0 aliphatic heterocycles. The molecule has 0 aromatic heterocycles. The van der Waals surface area contributed by atoms with E-state index >= 15 is 0 Å². The molecule has 0 fully saturated rings. The normalized spacial score (nSPS) is 9.95. The van der Waals surface area contributed by atoms with Gasteiger partial charge in [0.2, 0.25) is 5.91 Å². The van der Waals surface area contributed by atoms with Crippen molar-refractivity contribution in [3.63, 3.8) is 0 Å². The molecule has 0 aliphatic carbocycles. The van der Waals surface area contributed by atoms with Crippen molar-refractivity contribution in [3.05, 3.63) is 59.1 Å². The Hall–Kier alpha value is -2.53. The van der Waals surface area contributed by atoms with Crippen molar-refractivity contribution < 1.29 is 9.59 Å². The van der Waals surface area contributed by atoms with E-state index in [9.17, 15) is 9.59 Å². The maximum absolute atomic E-state index is 11.8. The van der Waals surface area contributed by atoms with E-state index in [1.807, 2.05) is 0 Å². The van der Waals surface area contributed by atoms with Crippen molar-refractivity contribution in [3.8, 4) is 0 Å². The lowest BCUT2D eigenvalue weighted by Gasteiger charge is -2.07. The minimum Gasteiger partial charge on any atom is -0.399 e. The number of benzene rings is 2. The van der Waals surface area contributed by atoms with Crippen LogP contribution in [0, 0.1) is 0 Å². The van der Waals surface area contributed by atoms with Gasteiger partial charge in [-0.1, -0.05) is 17.7 Å². The molecule has 0 bridgehead atoms. The molecule has 5 nitrogen and oxygen atoms in total. The number of halogens is 1. The predicted octanol–water partition coefficient (Wildman–Crippen LogP) is 2.29. The summed E-state index contributed by atoms with van der Waals surface area (Å²) in [6, 6.07) is 13.2. The van der Waals surface area contributed by atoms with Crippen molar-refractivity contribution in [1.29, 1.82) is 0 Å². The lowest BCUT2D eigenvalue weighted by molar-refractivity contribution is -0.115. The first-order valence-corrected chi connectivity index (χ1v) is 6.61. The zero-order valence-corrected chi connectivity index (χ0v) is 11.9. The van der Waals surface area contributed by atoms with Crippen LogP contribution in [0.15, 0.2) is 48.5 Å². The number of amides is 2. The second-order valence-corrected chi connectivity index (χ2v) is 4.80. The molecule has 0 saturated heterocycles. The fraction of sp³-hybridized carbons (Fsp3) is 0.0667. The van der Waals surface area contributed by atoms with Crippen LogP contribution in [-0.2, 0) is 4.79 Å². The Bertz CT molecular complexity index is 656. The molecule has 0 heterocycles. The van der Waals surface area contributed by atoms with Crippen LogP contribution in [0.2, 0.25) is 5.02 Å². The zero-order valence-electron chi connectivity index (χ0n) is 11.1. The first kappa shape index (κ1) is 14.9. The number of hydrogen-bond donors (Lipinski definition) is 3. The van der Waals surface area contributed by atoms with Crippen molar-refractivity contribution >= 4 is 34.8 Å². The van der Waals surface area contributed by atoms with Crippen LogP contribution in [-0.4, -0.2) is 18.4 Å². The molecule has 0 aliphatic rings. The van der Waals surface area contributed by atoms with E-state index in [4.69, 9.17) is 17.3 Å². The molecule has 6 heteroatoms. The van der Waals surface area contributed by atoms with E-state index in [0.717, 1.165) is 0 Å². The fourth-order valence-corrected chi connectivity index (χ4v) is 1.86. The lowest BCUT2D eigenvalue weighted by Crippen LogP contribution is -2.32. The van der Waals surface area contributed by atoms with Gasteiger partial charge in [-0.15, -0.1) is 0 Å². The van der Waals surface area contributed by atoms with Gasteiger partial charge in [-0.3, -0.25) is 9.59 Å². The number of carbonyl (C=O) groups excluding carboxylic acids is 2. The molecule has 2 rings (SSSR count). The monoisotopic (exact) mass is 303 g/mol. The van der Waals surface area contributed by atoms with Gasteiger partial charge in [0.1, 0.15) is 0 Å². The van der Waals surface area contributed by atoms with Crippen LogP contribution in [0.25, 0.3) is 0 Å². The second kappa shape index (κ2) is 6.76. The molecular formula is C15H14ClN3O2. The Morgan fingerprint density at radius 2 is 1.81 bits per heavy atom. The maximum Gasteiger partial charge on any atom is 0.251 e. The molecule has 108 valence electrons. The third-order valence-electron chi connectivity index (χ3n) is 2.69. The molecule has 2 amide bonds. The van der Waals surface area contributed by atoms with Crippen LogP contribution < -0.4 is 16.4 Å². The largest absolute Gasteiger partial charge is 0.399 e. The number of nitrogens with two attached hydrogens (primary N) is 1. The van der Waals surface area contributed by atoms with Crippen LogP contribution in [0.5, 0.6) is 0 Å². The Labute approximate surface area is 127 Å². The SMILES string of the molecule is Nc1ccc(C(=O)NCC(=O)Nc2cccc(Cl)c2)cc1. The minimum absolute atomic E-state index is 0.129. The Balaban J connectivity index is 1.86. The van der Waals surface area contributed by atoms with E-state index < -0.39 is 0 Å². The third-order valence-corrected chi connectivity index (χ3v) is 2.93. The number of anilines is 2. The summed E-state index contributed by atoms with van der Waals surface area (Å²) in [5, 5.41) is 5.70. The van der Waals surface area contributed by atoms with E-state index in [-0.39, 0.29) is 18.4 Å². The highest BCUT2D eigenvalue weighted by atomic mass is 35.5.